The van der Waals surface area contributed by atoms with E-state index in [-0.39, 0.29) is 6.61 Å². The number of imidazole rings is 1. The fourth-order valence-electron chi connectivity index (χ4n) is 1.24. The summed E-state index contributed by atoms with van der Waals surface area (Å²) in [5.74, 6) is 0. The third-order valence-electron chi connectivity index (χ3n) is 1.98. The number of H-pyrrole nitrogens is 1. The number of aliphatic hydroxyl groups excluding tert-OH is 1. The Morgan fingerprint density at radius 3 is 3.00 bits per heavy atom. The van der Waals surface area contributed by atoms with E-state index in [1.165, 1.54) is 0 Å². The first-order chi connectivity index (χ1) is 6.86. The number of aromatic nitrogens is 2. The Morgan fingerprint density at radius 2 is 2.43 bits per heavy atom. The number of nitrogens with one attached hydrogen (secondary N) is 1. The standard InChI is InChI=1S/C9H17N3O2/c1-14-5-3-12(2-4-13)7-9-6-10-8-11-9/h6,8,13H,2-5,7H2,1H3,(H,10,11). The zero-order chi connectivity index (χ0) is 10.2. The Balaban J connectivity index is 2.34. The van der Waals surface area contributed by atoms with Gasteiger partial charge >= 0.3 is 0 Å². The Hall–Kier alpha value is -0.910. The predicted molar refractivity (Wildman–Crippen MR) is 52.8 cm³/mol. The topological polar surface area (TPSA) is 61.4 Å². The summed E-state index contributed by atoms with van der Waals surface area (Å²) < 4.78 is 4.99. The minimum absolute atomic E-state index is 0.165. The highest BCUT2D eigenvalue weighted by molar-refractivity contribution is 4.93. The maximum absolute atomic E-state index is 8.86. The molecule has 1 heterocycles. The molecule has 0 fully saturated rings. The van der Waals surface area contributed by atoms with E-state index in [0.717, 1.165) is 18.8 Å². The molecular formula is C9H17N3O2. The van der Waals surface area contributed by atoms with E-state index in [0.29, 0.717) is 13.2 Å². The minimum Gasteiger partial charge on any atom is -0.395 e. The molecule has 80 valence electrons. The van der Waals surface area contributed by atoms with Gasteiger partial charge in [0.15, 0.2) is 0 Å². The van der Waals surface area contributed by atoms with Crippen molar-refractivity contribution in [2.45, 2.75) is 6.54 Å². The number of ether oxygens (including phenoxy) is 1. The average Bonchev–Trinajstić information content (AvgIpc) is 2.67. The molecule has 0 aliphatic heterocycles. The Bertz CT molecular complexity index is 226. The van der Waals surface area contributed by atoms with Crippen LogP contribution < -0.4 is 0 Å². The number of methoxy groups -OCH3 is 1. The molecule has 0 bridgehead atoms. The largest absolute Gasteiger partial charge is 0.395 e. The molecule has 5 nitrogen and oxygen atoms in total. The summed E-state index contributed by atoms with van der Waals surface area (Å²) in [6.07, 6.45) is 3.44. The fourth-order valence-corrected chi connectivity index (χ4v) is 1.24. The molecule has 14 heavy (non-hydrogen) atoms. The number of hydrogen-bond acceptors (Lipinski definition) is 4. The second-order valence-electron chi connectivity index (χ2n) is 3.07. The second kappa shape index (κ2) is 6.53. The lowest BCUT2D eigenvalue weighted by atomic mass is 10.4. The molecule has 5 heteroatoms. The van der Waals surface area contributed by atoms with Gasteiger partial charge in [-0.3, -0.25) is 4.90 Å². The van der Waals surface area contributed by atoms with Crippen LogP contribution in [-0.2, 0) is 11.3 Å². The van der Waals surface area contributed by atoms with Crippen LogP contribution in [0.4, 0.5) is 0 Å². The highest BCUT2D eigenvalue weighted by Crippen LogP contribution is 1.99. The van der Waals surface area contributed by atoms with E-state index in [1.807, 2.05) is 0 Å². The SMILES string of the molecule is COCCN(CCO)Cc1cnc[nH]1. The van der Waals surface area contributed by atoms with Crippen molar-refractivity contribution in [3.63, 3.8) is 0 Å². The first kappa shape index (κ1) is 11.2. The first-order valence-electron chi connectivity index (χ1n) is 4.66. The molecule has 0 saturated carbocycles. The third kappa shape index (κ3) is 3.87. The van der Waals surface area contributed by atoms with Gasteiger partial charge in [0.1, 0.15) is 0 Å². The van der Waals surface area contributed by atoms with Gasteiger partial charge in [-0.25, -0.2) is 4.98 Å². The van der Waals surface area contributed by atoms with E-state index in [1.54, 1.807) is 19.6 Å². The summed E-state index contributed by atoms with van der Waals surface area (Å²) >= 11 is 0. The lowest BCUT2D eigenvalue weighted by Gasteiger charge is -2.19. The summed E-state index contributed by atoms with van der Waals surface area (Å²) in [6, 6.07) is 0. The van der Waals surface area contributed by atoms with Crippen LogP contribution in [0.3, 0.4) is 0 Å². The van der Waals surface area contributed by atoms with Crippen molar-refractivity contribution in [1.29, 1.82) is 0 Å². The highest BCUT2D eigenvalue weighted by Gasteiger charge is 2.05. The summed E-state index contributed by atoms with van der Waals surface area (Å²) in [5.41, 5.74) is 1.05. The van der Waals surface area contributed by atoms with Crippen molar-refractivity contribution in [1.82, 2.24) is 14.9 Å². The number of aromatic amines is 1. The monoisotopic (exact) mass is 199 g/mol. The van der Waals surface area contributed by atoms with Gasteiger partial charge < -0.3 is 14.8 Å². The molecule has 1 aromatic heterocycles. The normalized spacial score (nSPS) is 11.1. The van der Waals surface area contributed by atoms with Crippen LogP contribution in [0.2, 0.25) is 0 Å². The van der Waals surface area contributed by atoms with Crippen molar-refractivity contribution in [2.75, 3.05) is 33.4 Å². The third-order valence-corrected chi connectivity index (χ3v) is 1.98. The van der Waals surface area contributed by atoms with Gasteiger partial charge in [-0.05, 0) is 0 Å². The molecule has 1 rings (SSSR count). The molecule has 0 aliphatic carbocycles. The molecule has 2 N–H and O–H groups in total. The van der Waals surface area contributed by atoms with Crippen molar-refractivity contribution in [3.8, 4) is 0 Å². The van der Waals surface area contributed by atoms with Gasteiger partial charge in [-0.1, -0.05) is 0 Å². The lowest BCUT2D eigenvalue weighted by Crippen LogP contribution is -2.29. The Labute approximate surface area is 83.7 Å². The molecule has 0 aliphatic rings. The summed E-state index contributed by atoms with van der Waals surface area (Å²) in [7, 11) is 1.67. The molecule has 0 unspecified atom stereocenters. The Morgan fingerprint density at radius 1 is 1.57 bits per heavy atom. The molecular weight excluding hydrogens is 182 g/mol. The van der Waals surface area contributed by atoms with Gasteiger partial charge in [0, 0.05) is 38.6 Å². The van der Waals surface area contributed by atoms with Gasteiger partial charge in [0.05, 0.1) is 19.5 Å². The van der Waals surface area contributed by atoms with E-state index < -0.39 is 0 Å². The number of hydrogen-bond donors (Lipinski definition) is 2. The van der Waals surface area contributed by atoms with Crippen LogP contribution in [0.1, 0.15) is 5.69 Å². The highest BCUT2D eigenvalue weighted by atomic mass is 16.5. The molecule has 0 spiro atoms. The van der Waals surface area contributed by atoms with Crippen LogP contribution in [0.5, 0.6) is 0 Å². The summed E-state index contributed by atoms with van der Waals surface area (Å²) in [5, 5.41) is 8.86. The van der Waals surface area contributed by atoms with Gasteiger partial charge in [0.2, 0.25) is 0 Å². The molecule has 0 saturated heterocycles. The molecule has 0 aromatic carbocycles. The van der Waals surface area contributed by atoms with Crippen molar-refractivity contribution in [2.24, 2.45) is 0 Å². The van der Waals surface area contributed by atoms with Gasteiger partial charge in [-0.15, -0.1) is 0 Å². The van der Waals surface area contributed by atoms with Crippen LogP contribution in [-0.4, -0.2) is 53.4 Å². The number of nitrogens with zero attached hydrogens (tertiary/aromatic N) is 2. The minimum atomic E-state index is 0.165. The summed E-state index contributed by atoms with van der Waals surface area (Å²) in [4.78, 5) is 9.08. The van der Waals surface area contributed by atoms with Crippen LogP contribution in [0.25, 0.3) is 0 Å². The predicted octanol–water partition coefficient (Wildman–Crippen LogP) is -0.150. The van der Waals surface area contributed by atoms with E-state index >= 15 is 0 Å². The quantitative estimate of drug-likeness (QED) is 0.641. The van der Waals surface area contributed by atoms with Gasteiger partial charge in [-0.2, -0.15) is 0 Å². The maximum Gasteiger partial charge on any atom is 0.0922 e. The van der Waals surface area contributed by atoms with Crippen LogP contribution in [0, 0.1) is 0 Å². The Kier molecular flexibility index (Phi) is 5.21. The fraction of sp³-hybridized carbons (Fsp3) is 0.667. The molecule has 0 atom stereocenters. The smallest absolute Gasteiger partial charge is 0.0922 e. The number of rotatable bonds is 7. The van der Waals surface area contributed by atoms with Gasteiger partial charge in [0.25, 0.3) is 0 Å². The second-order valence-corrected chi connectivity index (χ2v) is 3.07. The van der Waals surface area contributed by atoms with E-state index in [9.17, 15) is 0 Å². The summed E-state index contributed by atoms with van der Waals surface area (Å²) in [6.45, 7) is 3.08. The maximum atomic E-state index is 8.86. The molecule has 0 radical (unpaired) electrons. The van der Waals surface area contributed by atoms with Crippen molar-refractivity contribution < 1.29 is 9.84 Å². The zero-order valence-corrected chi connectivity index (χ0v) is 8.44. The first-order valence-corrected chi connectivity index (χ1v) is 4.66. The van der Waals surface area contributed by atoms with Crippen LogP contribution in [0.15, 0.2) is 12.5 Å². The van der Waals surface area contributed by atoms with E-state index in [2.05, 4.69) is 14.9 Å². The van der Waals surface area contributed by atoms with Crippen molar-refractivity contribution in [3.05, 3.63) is 18.2 Å². The molecule has 0 amide bonds. The van der Waals surface area contributed by atoms with E-state index in [4.69, 9.17) is 9.84 Å². The number of aliphatic hydroxyl groups is 1. The average molecular weight is 199 g/mol. The zero-order valence-electron chi connectivity index (χ0n) is 8.44. The van der Waals surface area contributed by atoms with Crippen molar-refractivity contribution >= 4 is 0 Å². The lowest BCUT2D eigenvalue weighted by molar-refractivity contribution is 0.126. The van der Waals surface area contributed by atoms with Crippen LogP contribution >= 0.6 is 0 Å². The molecule has 1 aromatic rings.